The molecule has 0 saturated heterocycles. The van der Waals surface area contributed by atoms with Crippen molar-refractivity contribution in [1.82, 2.24) is 0 Å². The van der Waals surface area contributed by atoms with Gasteiger partial charge in [-0.1, -0.05) is 24.3 Å². The maximum Gasteiger partial charge on any atom is 0.234 e. The maximum absolute atomic E-state index is 12.4. The SMILES string of the molecule is COC1(C)OC2=C(C(=O)C(=O)c3ccccc32)C1(C)C. The molecule has 104 valence electrons. The van der Waals surface area contributed by atoms with Crippen molar-refractivity contribution >= 4 is 17.3 Å². The molecule has 1 unspecified atom stereocenters. The van der Waals surface area contributed by atoms with E-state index in [0.29, 0.717) is 22.5 Å². The van der Waals surface area contributed by atoms with Crippen LogP contribution in [0.5, 0.6) is 0 Å². The molecule has 4 heteroatoms. The molecule has 0 aromatic heterocycles. The Morgan fingerprint density at radius 1 is 1.00 bits per heavy atom. The van der Waals surface area contributed by atoms with Gasteiger partial charge in [0.05, 0.1) is 11.0 Å². The van der Waals surface area contributed by atoms with E-state index >= 15 is 0 Å². The van der Waals surface area contributed by atoms with Gasteiger partial charge in [-0.2, -0.15) is 0 Å². The molecule has 20 heavy (non-hydrogen) atoms. The zero-order chi connectivity index (χ0) is 14.7. The summed E-state index contributed by atoms with van der Waals surface area (Å²) in [4.78, 5) is 24.7. The molecule has 2 aliphatic rings. The van der Waals surface area contributed by atoms with Crippen LogP contribution in [0.2, 0.25) is 0 Å². The Morgan fingerprint density at radius 3 is 2.20 bits per heavy atom. The van der Waals surface area contributed by atoms with Crippen LogP contribution in [-0.4, -0.2) is 24.5 Å². The summed E-state index contributed by atoms with van der Waals surface area (Å²) in [6.07, 6.45) is 0. The lowest BCUT2D eigenvalue weighted by atomic mass is 9.72. The van der Waals surface area contributed by atoms with Gasteiger partial charge >= 0.3 is 0 Å². The van der Waals surface area contributed by atoms with E-state index in [0.717, 1.165) is 0 Å². The van der Waals surface area contributed by atoms with Crippen LogP contribution in [0.1, 0.15) is 36.7 Å². The second-order valence-electron chi connectivity index (χ2n) is 5.78. The molecule has 0 amide bonds. The van der Waals surface area contributed by atoms with Gasteiger partial charge in [-0.05, 0) is 13.8 Å². The number of carbonyl (C=O) groups is 2. The third-order valence-corrected chi connectivity index (χ3v) is 4.52. The summed E-state index contributed by atoms with van der Waals surface area (Å²) in [6, 6.07) is 7.02. The van der Waals surface area contributed by atoms with E-state index in [-0.39, 0.29) is 0 Å². The first-order valence-electron chi connectivity index (χ1n) is 6.51. The van der Waals surface area contributed by atoms with E-state index in [1.165, 1.54) is 0 Å². The van der Waals surface area contributed by atoms with Crippen LogP contribution in [0.3, 0.4) is 0 Å². The van der Waals surface area contributed by atoms with Crippen molar-refractivity contribution < 1.29 is 19.1 Å². The molecule has 3 rings (SSSR count). The molecule has 0 saturated carbocycles. The Bertz CT molecular complexity index is 669. The van der Waals surface area contributed by atoms with Gasteiger partial charge in [-0.25, -0.2) is 0 Å². The number of Topliss-reactive ketones (excluding diaryl/α,β-unsaturated/α-hetero) is 2. The minimum absolute atomic E-state index is 0.396. The normalized spacial score (nSPS) is 27.2. The summed E-state index contributed by atoms with van der Waals surface area (Å²) >= 11 is 0. The van der Waals surface area contributed by atoms with E-state index in [9.17, 15) is 9.59 Å². The summed E-state index contributed by atoms with van der Waals surface area (Å²) < 4.78 is 11.4. The Balaban J connectivity index is 2.30. The highest BCUT2D eigenvalue weighted by Gasteiger charge is 2.58. The molecular weight excluding hydrogens is 256 g/mol. The third kappa shape index (κ3) is 1.34. The van der Waals surface area contributed by atoms with Crippen molar-refractivity contribution in [2.24, 2.45) is 5.41 Å². The number of benzene rings is 1. The summed E-state index contributed by atoms with van der Waals surface area (Å²) in [5, 5.41) is 0. The van der Waals surface area contributed by atoms with E-state index in [1.807, 2.05) is 19.9 Å². The van der Waals surface area contributed by atoms with Crippen molar-refractivity contribution in [3.05, 3.63) is 41.0 Å². The van der Waals surface area contributed by atoms with Gasteiger partial charge in [0.2, 0.25) is 17.4 Å². The fourth-order valence-corrected chi connectivity index (χ4v) is 2.87. The number of methoxy groups -OCH3 is 1. The molecule has 1 aromatic carbocycles. The predicted octanol–water partition coefficient (Wildman–Crippen LogP) is 2.58. The summed E-state index contributed by atoms with van der Waals surface area (Å²) in [5.74, 6) is -1.47. The van der Waals surface area contributed by atoms with Crippen molar-refractivity contribution in [3.8, 4) is 0 Å². The van der Waals surface area contributed by atoms with Crippen molar-refractivity contribution in [3.63, 3.8) is 0 Å². The molecule has 0 bridgehead atoms. The number of hydrogen-bond donors (Lipinski definition) is 0. The smallest absolute Gasteiger partial charge is 0.234 e. The second kappa shape index (κ2) is 3.79. The van der Waals surface area contributed by atoms with Gasteiger partial charge in [-0.3, -0.25) is 9.59 Å². The van der Waals surface area contributed by atoms with E-state index in [2.05, 4.69) is 0 Å². The molecule has 1 aromatic rings. The van der Waals surface area contributed by atoms with Crippen LogP contribution in [0, 0.1) is 5.41 Å². The number of ketones is 2. The lowest BCUT2D eigenvalue weighted by Crippen LogP contribution is -2.44. The zero-order valence-corrected chi connectivity index (χ0v) is 11.9. The fourth-order valence-electron chi connectivity index (χ4n) is 2.87. The van der Waals surface area contributed by atoms with Crippen molar-refractivity contribution in [1.29, 1.82) is 0 Å². The standard InChI is InChI=1S/C16H16O4/c1-15(2)11-13(18)12(17)9-7-5-6-8-10(9)14(11)20-16(15,3)19-4/h5-8H,1-4H3. The topological polar surface area (TPSA) is 52.6 Å². The van der Waals surface area contributed by atoms with E-state index in [4.69, 9.17) is 9.47 Å². The van der Waals surface area contributed by atoms with Crippen LogP contribution in [0.15, 0.2) is 29.8 Å². The highest BCUT2D eigenvalue weighted by molar-refractivity contribution is 6.52. The number of ether oxygens (including phenoxy) is 2. The summed E-state index contributed by atoms with van der Waals surface area (Å²) in [5.41, 5.74) is 0.774. The van der Waals surface area contributed by atoms with Crippen LogP contribution in [-0.2, 0) is 14.3 Å². The van der Waals surface area contributed by atoms with Gasteiger partial charge in [-0.15, -0.1) is 0 Å². The molecular formula is C16H16O4. The predicted molar refractivity (Wildman–Crippen MR) is 73.0 cm³/mol. The number of rotatable bonds is 1. The fraction of sp³-hybridized carbons (Fsp3) is 0.375. The van der Waals surface area contributed by atoms with Gasteiger partial charge < -0.3 is 9.47 Å². The van der Waals surface area contributed by atoms with E-state index in [1.54, 1.807) is 32.2 Å². The lowest BCUT2D eigenvalue weighted by molar-refractivity contribution is -0.207. The van der Waals surface area contributed by atoms with Gasteiger partial charge in [0.1, 0.15) is 5.76 Å². The second-order valence-corrected chi connectivity index (χ2v) is 5.78. The van der Waals surface area contributed by atoms with E-state index < -0.39 is 22.8 Å². The first-order valence-corrected chi connectivity index (χ1v) is 6.51. The van der Waals surface area contributed by atoms with Crippen LogP contribution >= 0.6 is 0 Å². The van der Waals surface area contributed by atoms with Gasteiger partial charge in [0.25, 0.3) is 0 Å². The Kier molecular flexibility index (Phi) is 2.48. The molecule has 1 aliphatic heterocycles. The largest absolute Gasteiger partial charge is 0.461 e. The monoisotopic (exact) mass is 272 g/mol. The Morgan fingerprint density at radius 2 is 1.60 bits per heavy atom. The third-order valence-electron chi connectivity index (χ3n) is 4.52. The van der Waals surface area contributed by atoms with Gasteiger partial charge in [0, 0.05) is 25.2 Å². The highest BCUT2D eigenvalue weighted by atomic mass is 16.7. The minimum atomic E-state index is -0.967. The molecule has 0 fully saturated rings. The zero-order valence-electron chi connectivity index (χ0n) is 11.9. The average molecular weight is 272 g/mol. The summed E-state index contributed by atoms with van der Waals surface area (Å²) in [6.45, 7) is 5.50. The molecule has 1 aliphatic carbocycles. The molecule has 0 N–H and O–H groups in total. The summed E-state index contributed by atoms with van der Waals surface area (Å²) in [7, 11) is 1.54. The molecule has 0 radical (unpaired) electrons. The molecule has 1 heterocycles. The quantitative estimate of drug-likeness (QED) is 0.737. The minimum Gasteiger partial charge on any atom is -0.461 e. The first-order chi connectivity index (χ1) is 9.33. The highest BCUT2D eigenvalue weighted by Crippen LogP contribution is 2.54. The first kappa shape index (κ1) is 13.1. The van der Waals surface area contributed by atoms with Crippen LogP contribution in [0.4, 0.5) is 0 Å². The molecule has 1 atom stereocenters. The maximum atomic E-state index is 12.4. The van der Waals surface area contributed by atoms with Crippen molar-refractivity contribution in [2.45, 2.75) is 26.6 Å². The molecule has 4 nitrogen and oxygen atoms in total. The lowest BCUT2D eigenvalue weighted by Gasteiger charge is -2.36. The number of carbonyl (C=O) groups excluding carboxylic acids is 2. The van der Waals surface area contributed by atoms with Crippen LogP contribution < -0.4 is 0 Å². The molecule has 0 spiro atoms. The Labute approximate surface area is 117 Å². The number of hydrogen-bond acceptors (Lipinski definition) is 4. The van der Waals surface area contributed by atoms with Crippen LogP contribution in [0.25, 0.3) is 5.76 Å². The van der Waals surface area contributed by atoms with Crippen molar-refractivity contribution in [2.75, 3.05) is 7.11 Å². The Hall–Kier alpha value is -1.94. The van der Waals surface area contributed by atoms with Gasteiger partial charge in [0.15, 0.2) is 0 Å². The number of fused-ring (bicyclic) bond motifs is 2. The average Bonchev–Trinajstić information content (AvgIpc) is 2.64.